The number of phenols is 1. The number of anilines is 1. The van der Waals surface area contributed by atoms with Crippen LogP contribution in [0.4, 0.5) is 5.69 Å². The van der Waals surface area contributed by atoms with Crippen LogP contribution in [0.2, 0.25) is 0 Å². The molecule has 0 unspecified atom stereocenters. The molecule has 0 aliphatic rings. The number of benzene rings is 2. The molecular formula is C15H12N2O3S. The maximum atomic E-state index is 12.3. The molecule has 0 saturated carbocycles. The fourth-order valence-corrected chi connectivity index (χ4v) is 3.15. The highest BCUT2D eigenvalue weighted by Crippen LogP contribution is 2.24. The van der Waals surface area contributed by atoms with E-state index in [1.165, 1.54) is 24.3 Å². The molecule has 0 radical (unpaired) electrons. The number of aromatic nitrogens is 1. The Kier molecular flexibility index (Phi) is 3.23. The van der Waals surface area contributed by atoms with Crippen molar-refractivity contribution in [3.8, 4) is 5.75 Å². The molecule has 6 heteroatoms. The summed E-state index contributed by atoms with van der Waals surface area (Å²) >= 11 is 0. The van der Waals surface area contributed by atoms with Crippen molar-refractivity contribution in [2.45, 2.75) is 4.90 Å². The van der Waals surface area contributed by atoms with Crippen molar-refractivity contribution in [1.29, 1.82) is 0 Å². The fraction of sp³-hybridized carbons (Fsp3) is 0. The maximum Gasteiger partial charge on any atom is 0.262 e. The molecular weight excluding hydrogens is 288 g/mol. The van der Waals surface area contributed by atoms with Crippen molar-refractivity contribution in [2.75, 3.05) is 4.72 Å². The van der Waals surface area contributed by atoms with Crippen molar-refractivity contribution in [2.24, 2.45) is 0 Å². The third kappa shape index (κ3) is 2.66. The average molecular weight is 300 g/mol. The maximum absolute atomic E-state index is 12.3. The SMILES string of the molecule is O=S(=O)(Nc1cccc2cccnc12)c1cccc(O)c1. The van der Waals surface area contributed by atoms with Crippen molar-refractivity contribution >= 4 is 26.6 Å². The highest BCUT2D eigenvalue weighted by molar-refractivity contribution is 7.92. The Morgan fingerprint density at radius 1 is 1.00 bits per heavy atom. The smallest absolute Gasteiger partial charge is 0.262 e. The zero-order chi connectivity index (χ0) is 14.9. The second-order valence-corrected chi connectivity index (χ2v) is 6.17. The van der Waals surface area contributed by atoms with E-state index in [0.29, 0.717) is 11.2 Å². The van der Waals surface area contributed by atoms with Crippen LogP contribution in [0.3, 0.4) is 0 Å². The minimum atomic E-state index is -3.78. The van der Waals surface area contributed by atoms with Crippen LogP contribution >= 0.6 is 0 Å². The first-order valence-corrected chi connectivity index (χ1v) is 7.70. The van der Waals surface area contributed by atoms with Gasteiger partial charge in [-0.15, -0.1) is 0 Å². The lowest BCUT2D eigenvalue weighted by atomic mass is 10.2. The largest absolute Gasteiger partial charge is 0.508 e. The van der Waals surface area contributed by atoms with Gasteiger partial charge in [-0.2, -0.15) is 0 Å². The standard InChI is InChI=1S/C15H12N2O3S/c18-12-6-2-7-13(10-12)21(19,20)17-14-8-1-4-11-5-3-9-16-15(11)14/h1-10,17-18H. The molecule has 21 heavy (non-hydrogen) atoms. The number of rotatable bonds is 3. The molecule has 0 aliphatic heterocycles. The Labute approximate surface area is 121 Å². The minimum absolute atomic E-state index is 0.00423. The molecule has 3 aromatic rings. The molecule has 0 atom stereocenters. The van der Waals surface area contributed by atoms with Crippen molar-refractivity contribution in [1.82, 2.24) is 4.98 Å². The Morgan fingerprint density at radius 2 is 1.76 bits per heavy atom. The number of nitrogens with zero attached hydrogens (tertiary/aromatic N) is 1. The Hall–Kier alpha value is -2.60. The molecule has 1 aromatic heterocycles. The summed E-state index contributed by atoms with van der Waals surface area (Å²) in [6, 6.07) is 14.4. The Bertz CT molecular complexity index is 902. The molecule has 3 rings (SSSR count). The molecule has 0 fully saturated rings. The van der Waals surface area contributed by atoms with Crippen molar-refractivity contribution < 1.29 is 13.5 Å². The van der Waals surface area contributed by atoms with E-state index in [-0.39, 0.29) is 10.6 Å². The first-order chi connectivity index (χ1) is 10.1. The van der Waals surface area contributed by atoms with E-state index in [1.807, 2.05) is 12.1 Å². The first kappa shape index (κ1) is 13.4. The van der Waals surface area contributed by atoms with Crippen LogP contribution in [-0.2, 0) is 10.0 Å². The molecule has 5 nitrogen and oxygen atoms in total. The minimum Gasteiger partial charge on any atom is -0.508 e. The van der Waals surface area contributed by atoms with Gasteiger partial charge in [0.2, 0.25) is 0 Å². The number of aromatic hydroxyl groups is 1. The quantitative estimate of drug-likeness (QED) is 0.779. The fourth-order valence-electron chi connectivity index (χ4n) is 2.04. The van der Waals surface area contributed by atoms with E-state index in [2.05, 4.69) is 9.71 Å². The molecule has 0 amide bonds. The van der Waals surface area contributed by atoms with Crippen molar-refractivity contribution in [3.05, 3.63) is 60.8 Å². The van der Waals surface area contributed by atoms with Gasteiger partial charge in [0.1, 0.15) is 5.75 Å². The van der Waals surface area contributed by atoms with Crippen LogP contribution < -0.4 is 4.72 Å². The molecule has 2 N–H and O–H groups in total. The topological polar surface area (TPSA) is 79.3 Å². The summed E-state index contributed by atoms with van der Waals surface area (Å²) in [5.41, 5.74) is 0.972. The second-order valence-electron chi connectivity index (χ2n) is 4.48. The molecule has 0 aliphatic carbocycles. The predicted octanol–water partition coefficient (Wildman–Crippen LogP) is 2.74. The van der Waals surface area contributed by atoms with E-state index < -0.39 is 10.0 Å². The molecule has 0 spiro atoms. The van der Waals surface area contributed by atoms with Gasteiger partial charge in [-0.25, -0.2) is 8.42 Å². The number of para-hydroxylation sites is 1. The summed E-state index contributed by atoms with van der Waals surface area (Å²) in [4.78, 5) is 4.20. The number of sulfonamides is 1. The Morgan fingerprint density at radius 3 is 2.57 bits per heavy atom. The van der Waals surface area contributed by atoms with E-state index in [0.717, 1.165) is 5.39 Å². The van der Waals surface area contributed by atoms with Crippen LogP contribution in [0.25, 0.3) is 10.9 Å². The highest BCUT2D eigenvalue weighted by atomic mass is 32.2. The zero-order valence-corrected chi connectivity index (χ0v) is 11.7. The third-order valence-electron chi connectivity index (χ3n) is 3.00. The summed E-state index contributed by atoms with van der Waals surface area (Å²) in [5.74, 6) is -0.103. The van der Waals surface area contributed by atoms with Crippen LogP contribution in [0.5, 0.6) is 5.75 Å². The van der Waals surface area contributed by atoms with Gasteiger partial charge in [-0.3, -0.25) is 9.71 Å². The van der Waals surface area contributed by atoms with Crippen molar-refractivity contribution in [3.63, 3.8) is 0 Å². The third-order valence-corrected chi connectivity index (χ3v) is 4.37. The molecule has 0 bridgehead atoms. The molecule has 1 heterocycles. The summed E-state index contributed by atoms with van der Waals surface area (Å²) in [5, 5.41) is 10.3. The zero-order valence-electron chi connectivity index (χ0n) is 10.9. The summed E-state index contributed by atoms with van der Waals surface area (Å²) in [7, 11) is -3.78. The van der Waals surface area contributed by atoms with Gasteiger partial charge in [-0.05, 0) is 24.3 Å². The lowest BCUT2D eigenvalue weighted by Gasteiger charge is -2.10. The average Bonchev–Trinajstić information content (AvgIpc) is 2.47. The van der Waals surface area contributed by atoms with Gasteiger partial charge >= 0.3 is 0 Å². The van der Waals surface area contributed by atoms with Gasteiger partial charge in [0.25, 0.3) is 10.0 Å². The summed E-state index contributed by atoms with van der Waals surface area (Å²) < 4.78 is 27.2. The van der Waals surface area contributed by atoms with E-state index in [1.54, 1.807) is 24.4 Å². The molecule has 0 saturated heterocycles. The van der Waals surface area contributed by atoms with Gasteiger partial charge in [-0.1, -0.05) is 24.3 Å². The molecule has 106 valence electrons. The summed E-state index contributed by atoms with van der Waals surface area (Å²) in [6.07, 6.45) is 1.61. The predicted molar refractivity (Wildman–Crippen MR) is 80.7 cm³/mol. The van der Waals surface area contributed by atoms with Crippen LogP contribution in [0.1, 0.15) is 0 Å². The lowest BCUT2D eigenvalue weighted by Crippen LogP contribution is -2.13. The number of nitrogens with one attached hydrogen (secondary N) is 1. The van der Waals surface area contributed by atoms with Crippen LogP contribution in [0, 0.1) is 0 Å². The number of fused-ring (bicyclic) bond motifs is 1. The van der Waals surface area contributed by atoms with E-state index in [4.69, 9.17) is 0 Å². The van der Waals surface area contributed by atoms with Gasteiger partial charge < -0.3 is 5.11 Å². The van der Waals surface area contributed by atoms with Crippen LogP contribution in [0.15, 0.2) is 65.7 Å². The Balaban J connectivity index is 2.06. The van der Waals surface area contributed by atoms with Gasteiger partial charge in [0.05, 0.1) is 16.1 Å². The lowest BCUT2D eigenvalue weighted by molar-refractivity contribution is 0.473. The van der Waals surface area contributed by atoms with Gasteiger partial charge in [0.15, 0.2) is 0 Å². The number of phenolic OH excluding ortho intramolecular Hbond substituents is 1. The second kappa shape index (κ2) is 5.06. The van der Waals surface area contributed by atoms with Gasteiger partial charge in [0, 0.05) is 17.6 Å². The van der Waals surface area contributed by atoms with Crippen LogP contribution in [-0.4, -0.2) is 18.5 Å². The van der Waals surface area contributed by atoms with E-state index in [9.17, 15) is 13.5 Å². The number of pyridine rings is 1. The highest BCUT2D eigenvalue weighted by Gasteiger charge is 2.16. The first-order valence-electron chi connectivity index (χ1n) is 6.22. The number of hydrogen-bond donors (Lipinski definition) is 2. The summed E-state index contributed by atoms with van der Waals surface area (Å²) in [6.45, 7) is 0. The molecule has 2 aromatic carbocycles. The monoisotopic (exact) mass is 300 g/mol. The normalized spacial score (nSPS) is 11.4. The van der Waals surface area contributed by atoms with E-state index >= 15 is 0 Å². The number of hydrogen-bond acceptors (Lipinski definition) is 4.